The van der Waals surface area contributed by atoms with Crippen LogP contribution in [0, 0.1) is 0 Å². The van der Waals surface area contributed by atoms with Crippen molar-refractivity contribution in [1.29, 1.82) is 0 Å². The second-order valence-corrected chi connectivity index (χ2v) is 7.65. The number of hydrogen-bond acceptors (Lipinski definition) is 8. The van der Waals surface area contributed by atoms with E-state index in [1.54, 1.807) is 36.4 Å². The van der Waals surface area contributed by atoms with E-state index in [0.29, 0.717) is 16.7 Å². The lowest BCUT2D eigenvalue weighted by Crippen LogP contribution is -2.13. The first-order valence-corrected chi connectivity index (χ1v) is 9.80. The summed E-state index contributed by atoms with van der Waals surface area (Å²) in [5.41, 5.74) is 3.03. The molecule has 1 N–H and O–H groups in total. The van der Waals surface area contributed by atoms with E-state index in [9.17, 15) is 8.42 Å². The first-order chi connectivity index (χ1) is 11.6. The van der Waals surface area contributed by atoms with Crippen molar-refractivity contribution in [2.24, 2.45) is 0 Å². The number of fused-ring (bicyclic) bond motifs is 1. The molecule has 0 aliphatic rings. The number of hydrogen-bond donors (Lipinski definition) is 1. The molecule has 0 radical (unpaired) electrons. The number of nitrogens with zero attached hydrogens (tertiary/aromatic N) is 4. The van der Waals surface area contributed by atoms with Crippen LogP contribution in [0.4, 0.5) is 5.69 Å². The zero-order chi connectivity index (χ0) is 16.6. The van der Waals surface area contributed by atoms with E-state index >= 15 is 0 Å². The zero-order valence-corrected chi connectivity index (χ0v) is 14.4. The average molecular weight is 375 g/mol. The van der Waals surface area contributed by atoms with Crippen molar-refractivity contribution in [3.8, 4) is 11.3 Å². The van der Waals surface area contributed by atoms with Gasteiger partial charge < -0.3 is 0 Å². The maximum absolute atomic E-state index is 12.6. The summed E-state index contributed by atoms with van der Waals surface area (Å²) in [5, 5.41) is 5.81. The van der Waals surface area contributed by atoms with Crippen LogP contribution in [0.25, 0.3) is 22.3 Å². The van der Waals surface area contributed by atoms with E-state index in [4.69, 9.17) is 0 Å². The number of rotatable bonds is 4. The van der Waals surface area contributed by atoms with Crippen molar-refractivity contribution in [3.63, 3.8) is 0 Å². The van der Waals surface area contributed by atoms with Crippen molar-refractivity contribution in [2.75, 3.05) is 4.72 Å². The number of aromatic nitrogens is 4. The number of anilines is 1. The summed E-state index contributed by atoms with van der Waals surface area (Å²) in [6.07, 6.45) is 0. The highest BCUT2D eigenvalue weighted by Gasteiger charge is 2.19. The first-order valence-electron chi connectivity index (χ1n) is 6.75. The predicted octanol–water partition coefficient (Wildman–Crippen LogP) is 3.01. The van der Waals surface area contributed by atoms with Crippen molar-refractivity contribution in [1.82, 2.24) is 18.3 Å². The van der Waals surface area contributed by atoms with Crippen molar-refractivity contribution in [3.05, 3.63) is 47.8 Å². The Labute approximate surface area is 145 Å². The molecular weight excluding hydrogens is 366 g/mol. The highest BCUT2D eigenvalue weighted by molar-refractivity contribution is 7.93. The van der Waals surface area contributed by atoms with Crippen molar-refractivity contribution < 1.29 is 8.42 Å². The molecule has 4 rings (SSSR count). The normalized spacial score (nSPS) is 11.7. The third kappa shape index (κ3) is 2.75. The molecule has 0 fully saturated rings. The number of benzene rings is 2. The third-order valence-corrected chi connectivity index (χ3v) is 5.79. The standard InChI is InChI=1S/C14H9N5O2S3/c20-24(21,13-3-1-2-11-14(13)17-23-16-11)18-10-6-4-9(5-7-10)12-8-22-19-15-12/h1-8,18H. The Morgan fingerprint density at radius 2 is 1.83 bits per heavy atom. The molecule has 10 heteroatoms. The van der Waals surface area contributed by atoms with Gasteiger partial charge in [0.25, 0.3) is 10.0 Å². The lowest BCUT2D eigenvalue weighted by Gasteiger charge is -2.08. The van der Waals surface area contributed by atoms with Gasteiger partial charge in [-0.05, 0) is 35.8 Å². The van der Waals surface area contributed by atoms with Crippen LogP contribution >= 0.6 is 23.3 Å². The summed E-state index contributed by atoms with van der Waals surface area (Å²) in [7, 11) is -3.75. The summed E-state index contributed by atoms with van der Waals surface area (Å²) in [6.45, 7) is 0. The summed E-state index contributed by atoms with van der Waals surface area (Å²) in [6, 6.07) is 11.9. The largest absolute Gasteiger partial charge is 0.280 e. The molecule has 0 unspecified atom stereocenters. The zero-order valence-electron chi connectivity index (χ0n) is 11.9. The van der Waals surface area contributed by atoms with Gasteiger partial charge in [-0.25, -0.2) is 8.42 Å². The molecule has 0 bridgehead atoms. The van der Waals surface area contributed by atoms with E-state index in [1.165, 1.54) is 17.6 Å². The van der Waals surface area contributed by atoms with Gasteiger partial charge in [-0.3, -0.25) is 4.72 Å². The summed E-state index contributed by atoms with van der Waals surface area (Å²) >= 11 is 2.25. The minimum atomic E-state index is -3.75. The Hall–Kier alpha value is -2.43. The van der Waals surface area contributed by atoms with E-state index in [-0.39, 0.29) is 4.90 Å². The fourth-order valence-corrected chi connectivity index (χ4v) is 4.50. The Bertz CT molecular complexity index is 1090. The Morgan fingerprint density at radius 3 is 2.58 bits per heavy atom. The Kier molecular flexibility index (Phi) is 3.71. The van der Waals surface area contributed by atoms with E-state index < -0.39 is 10.0 Å². The third-order valence-electron chi connectivity index (χ3n) is 3.33. The molecule has 0 aliphatic carbocycles. The van der Waals surface area contributed by atoms with Crippen molar-refractivity contribution >= 4 is 50.0 Å². The number of nitrogens with one attached hydrogen (secondary N) is 1. The van der Waals surface area contributed by atoms with E-state index in [1.807, 2.05) is 5.38 Å². The van der Waals surface area contributed by atoms with Gasteiger partial charge in [0.2, 0.25) is 0 Å². The van der Waals surface area contributed by atoms with Crippen molar-refractivity contribution in [2.45, 2.75) is 4.90 Å². The minimum absolute atomic E-state index is 0.113. The molecule has 2 aromatic heterocycles. The molecule has 0 atom stereocenters. The molecule has 0 saturated heterocycles. The van der Waals surface area contributed by atoms with Crippen LogP contribution in [-0.2, 0) is 10.0 Å². The van der Waals surface area contributed by atoms with Gasteiger partial charge in [0.1, 0.15) is 21.6 Å². The molecule has 120 valence electrons. The second kappa shape index (κ2) is 5.89. The minimum Gasteiger partial charge on any atom is -0.280 e. The van der Waals surface area contributed by atoms with Gasteiger partial charge >= 0.3 is 0 Å². The fourth-order valence-electron chi connectivity index (χ4n) is 2.21. The molecule has 2 aromatic carbocycles. The lowest BCUT2D eigenvalue weighted by atomic mass is 10.2. The van der Waals surface area contributed by atoms with Gasteiger partial charge in [-0.1, -0.05) is 22.7 Å². The van der Waals surface area contributed by atoms with E-state index in [0.717, 1.165) is 23.0 Å². The molecule has 0 aliphatic heterocycles. The van der Waals surface area contributed by atoms with Crippen LogP contribution in [0.15, 0.2) is 52.7 Å². The number of sulfonamides is 1. The molecule has 2 heterocycles. The smallest absolute Gasteiger partial charge is 0.264 e. The predicted molar refractivity (Wildman–Crippen MR) is 93.6 cm³/mol. The molecule has 0 amide bonds. The van der Waals surface area contributed by atoms with Gasteiger partial charge in [0, 0.05) is 16.6 Å². The van der Waals surface area contributed by atoms with Gasteiger partial charge in [-0.2, -0.15) is 8.75 Å². The average Bonchev–Trinajstić information content (AvgIpc) is 3.26. The Morgan fingerprint density at radius 1 is 1.00 bits per heavy atom. The Balaban J connectivity index is 1.66. The van der Waals surface area contributed by atoms with Gasteiger partial charge in [-0.15, -0.1) is 5.10 Å². The van der Waals surface area contributed by atoms with Gasteiger partial charge in [0.05, 0.1) is 11.7 Å². The fraction of sp³-hybridized carbons (Fsp3) is 0. The summed E-state index contributed by atoms with van der Waals surface area (Å²) in [4.78, 5) is 0.113. The highest BCUT2D eigenvalue weighted by atomic mass is 32.2. The monoisotopic (exact) mass is 375 g/mol. The molecule has 0 saturated carbocycles. The molecule has 4 aromatic rings. The molecule has 7 nitrogen and oxygen atoms in total. The van der Waals surface area contributed by atoms with Crippen LogP contribution in [0.1, 0.15) is 0 Å². The summed E-state index contributed by atoms with van der Waals surface area (Å²) < 4.78 is 39.8. The molecule has 0 spiro atoms. The first kappa shape index (κ1) is 15.1. The van der Waals surface area contributed by atoms with Crippen LogP contribution in [-0.4, -0.2) is 26.8 Å². The molecular formula is C14H9N5O2S3. The SMILES string of the molecule is O=S(=O)(Nc1ccc(-c2csnn2)cc1)c1cccc2nsnc12. The van der Waals surface area contributed by atoms with Crippen LogP contribution in [0.2, 0.25) is 0 Å². The van der Waals surface area contributed by atoms with Crippen LogP contribution in [0.5, 0.6) is 0 Å². The van der Waals surface area contributed by atoms with E-state index in [2.05, 4.69) is 23.1 Å². The quantitative estimate of drug-likeness (QED) is 0.589. The maximum Gasteiger partial charge on any atom is 0.264 e. The molecule has 24 heavy (non-hydrogen) atoms. The van der Waals surface area contributed by atoms with Crippen LogP contribution in [0.3, 0.4) is 0 Å². The van der Waals surface area contributed by atoms with Crippen LogP contribution < -0.4 is 4.72 Å². The second-order valence-electron chi connectivity index (χ2n) is 4.86. The topological polar surface area (TPSA) is 97.7 Å². The summed E-state index contributed by atoms with van der Waals surface area (Å²) in [5.74, 6) is 0. The highest BCUT2D eigenvalue weighted by Crippen LogP contribution is 2.25. The lowest BCUT2D eigenvalue weighted by molar-refractivity contribution is 0.602. The maximum atomic E-state index is 12.6. The van der Waals surface area contributed by atoms with Gasteiger partial charge in [0.15, 0.2) is 0 Å².